The Kier molecular flexibility index (Phi) is 4.40. The summed E-state index contributed by atoms with van der Waals surface area (Å²) in [7, 11) is 0. The molecular weight excluding hydrogens is 251 g/mol. The summed E-state index contributed by atoms with van der Waals surface area (Å²) in [6.45, 7) is 5.37. The number of amides is 1. The topological polar surface area (TPSA) is 55.1 Å². The number of thiocarbonyl (C=S) groups is 1. The molecule has 0 fully saturated rings. The first kappa shape index (κ1) is 14.6. The van der Waals surface area contributed by atoms with E-state index in [1.54, 1.807) is 19.9 Å². The molecule has 5 heteroatoms. The monoisotopic (exact) mass is 268 g/mol. The van der Waals surface area contributed by atoms with Gasteiger partial charge in [-0.25, -0.2) is 4.39 Å². The van der Waals surface area contributed by atoms with Gasteiger partial charge in [0.25, 0.3) is 5.91 Å². The fourth-order valence-electron chi connectivity index (χ4n) is 1.48. The number of aryl methyl sites for hydroxylation is 1. The third kappa shape index (κ3) is 3.04. The predicted octanol–water partition coefficient (Wildman–Crippen LogP) is 2.32. The van der Waals surface area contributed by atoms with Gasteiger partial charge < -0.3 is 11.1 Å². The van der Waals surface area contributed by atoms with E-state index in [2.05, 4.69) is 5.32 Å². The van der Waals surface area contributed by atoms with Crippen LogP contribution in [0.5, 0.6) is 0 Å². The first-order valence-corrected chi connectivity index (χ1v) is 6.09. The lowest BCUT2D eigenvalue weighted by Gasteiger charge is -2.28. The quantitative estimate of drug-likeness (QED) is 0.824. The zero-order chi connectivity index (χ0) is 13.9. The molecule has 0 radical (unpaired) electrons. The lowest BCUT2D eigenvalue weighted by molar-refractivity contribution is 0.0925. The highest BCUT2D eigenvalue weighted by Gasteiger charge is 2.28. The van der Waals surface area contributed by atoms with Crippen molar-refractivity contribution in [3.8, 4) is 0 Å². The highest BCUT2D eigenvalue weighted by molar-refractivity contribution is 7.80. The van der Waals surface area contributed by atoms with Crippen LogP contribution in [0.1, 0.15) is 36.2 Å². The second kappa shape index (κ2) is 5.44. The first-order chi connectivity index (χ1) is 8.30. The van der Waals surface area contributed by atoms with E-state index < -0.39 is 11.4 Å². The van der Waals surface area contributed by atoms with Gasteiger partial charge in [0.2, 0.25) is 0 Å². The minimum atomic E-state index is -0.759. The number of carbonyl (C=O) groups is 1. The molecule has 0 bridgehead atoms. The maximum atomic E-state index is 13.2. The molecule has 0 saturated heterocycles. The van der Waals surface area contributed by atoms with Crippen molar-refractivity contribution < 1.29 is 9.18 Å². The molecular formula is C13H17FN2OS. The van der Waals surface area contributed by atoms with Crippen LogP contribution >= 0.6 is 12.2 Å². The van der Waals surface area contributed by atoms with Crippen molar-refractivity contribution in [1.29, 1.82) is 0 Å². The second-order valence-electron chi connectivity index (χ2n) is 4.46. The number of hydrogen-bond donors (Lipinski definition) is 2. The number of nitrogens with two attached hydrogens (primary N) is 1. The molecule has 18 heavy (non-hydrogen) atoms. The average molecular weight is 268 g/mol. The number of nitrogens with one attached hydrogen (secondary N) is 1. The van der Waals surface area contributed by atoms with Crippen LogP contribution in [0.4, 0.5) is 4.39 Å². The van der Waals surface area contributed by atoms with E-state index in [4.69, 9.17) is 18.0 Å². The molecule has 0 heterocycles. The normalized spacial score (nSPS) is 13.8. The fourth-order valence-corrected chi connectivity index (χ4v) is 1.68. The van der Waals surface area contributed by atoms with Crippen molar-refractivity contribution in [1.82, 2.24) is 5.32 Å². The van der Waals surface area contributed by atoms with Crippen LogP contribution in [-0.4, -0.2) is 16.4 Å². The largest absolute Gasteiger partial charge is 0.391 e. The number of rotatable bonds is 4. The molecule has 0 aliphatic carbocycles. The Balaban J connectivity index is 3.02. The van der Waals surface area contributed by atoms with E-state index in [0.29, 0.717) is 17.5 Å². The summed E-state index contributed by atoms with van der Waals surface area (Å²) in [4.78, 5) is 12.3. The Morgan fingerprint density at radius 2 is 2.17 bits per heavy atom. The SMILES string of the molecule is CCC(C)(NC(=O)c1cc(F)ccc1C)C(N)=S. The third-order valence-corrected chi connectivity index (χ3v) is 3.54. The van der Waals surface area contributed by atoms with Crippen LogP contribution < -0.4 is 11.1 Å². The molecule has 3 N–H and O–H groups in total. The Morgan fingerprint density at radius 3 is 2.67 bits per heavy atom. The number of halogens is 1. The molecule has 0 saturated carbocycles. The van der Waals surface area contributed by atoms with Gasteiger partial charge in [0.1, 0.15) is 5.82 Å². The standard InChI is InChI=1S/C13H17FN2OS/c1-4-13(3,12(15)18)16-11(17)10-7-9(14)6-5-8(10)2/h5-7H,4H2,1-3H3,(H2,15,18)(H,16,17). The molecule has 1 atom stereocenters. The van der Waals surface area contributed by atoms with E-state index >= 15 is 0 Å². The Morgan fingerprint density at radius 1 is 1.56 bits per heavy atom. The van der Waals surface area contributed by atoms with Crippen molar-refractivity contribution in [3.63, 3.8) is 0 Å². The van der Waals surface area contributed by atoms with Crippen molar-refractivity contribution >= 4 is 23.1 Å². The molecule has 98 valence electrons. The Hall–Kier alpha value is -1.49. The molecule has 3 nitrogen and oxygen atoms in total. The molecule has 1 unspecified atom stereocenters. The van der Waals surface area contributed by atoms with Gasteiger partial charge in [0.15, 0.2) is 0 Å². The summed E-state index contributed by atoms with van der Waals surface area (Å²) in [6, 6.07) is 4.09. The van der Waals surface area contributed by atoms with E-state index in [-0.39, 0.29) is 10.9 Å². The summed E-state index contributed by atoms with van der Waals surface area (Å²) in [5.41, 5.74) is 5.86. The van der Waals surface area contributed by atoms with E-state index in [9.17, 15) is 9.18 Å². The van der Waals surface area contributed by atoms with Crippen LogP contribution in [0.2, 0.25) is 0 Å². The highest BCUT2D eigenvalue weighted by Crippen LogP contribution is 2.14. The van der Waals surface area contributed by atoms with Crippen LogP contribution in [0.3, 0.4) is 0 Å². The summed E-state index contributed by atoms with van der Waals surface area (Å²) < 4.78 is 13.2. The number of benzene rings is 1. The van der Waals surface area contributed by atoms with Gasteiger partial charge in [0.05, 0.1) is 10.5 Å². The zero-order valence-electron chi connectivity index (χ0n) is 10.7. The van der Waals surface area contributed by atoms with Gasteiger partial charge in [0, 0.05) is 5.56 Å². The van der Waals surface area contributed by atoms with Gasteiger partial charge in [-0.05, 0) is 38.0 Å². The smallest absolute Gasteiger partial charge is 0.252 e. The van der Waals surface area contributed by atoms with E-state index in [1.807, 2.05) is 6.92 Å². The fraction of sp³-hybridized carbons (Fsp3) is 0.385. The van der Waals surface area contributed by atoms with Crippen LogP contribution in [0, 0.1) is 12.7 Å². The number of hydrogen-bond acceptors (Lipinski definition) is 2. The lowest BCUT2D eigenvalue weighted by Crippen LogP contribution is -2.54. The summed E-state index contributed by atoms with van der Waals surface area (Å²) in [6.07, 6.45) is 0.572. The maximum Gasteiger partial charge on any atom is 0.252 e. The molecule has 1 aromatic rings. The highest BCUT2D eigenvalue weighted by atomic mass is 32.1. The molecule has 0 aliphatic rings. The third-order valence-electron chi connectivity index (χ3n) is 3.08. The van der Waals surface area contributed by atoms with Crippen molar-refractivity contribution in [2.75, 3.05) is 0 Å². The molecule has 1 rings (SSSR count). The molecule has 1 aromatic carbocycles. The molecule has 0 aliphatic heterocycles. The Labute approximate surface area is 112 Å². The maximum absolute atomic E-state index is 13.2. The molecule has 0 spiro atoms. The van der Waals surface area contributed by atoms with Gasteiger partial charge in [-0.2, -0.15) is 0 Å². The van der Waals surface area contributed by atoms with Gasteiger partial charge >= 0.3 is 0 Å². The van der Waals surface area contributed by atoms with Crippen LogP contribution in [-0.2, 0) is 0 Å². The average Bonchev–Trinajstić information content (AvgIpc) is 2.31. The van der Waals surface area contributed by atoms with Gasteiger partial charge in [-0.1, -0.05) is 25.2 Å². The van der Waals surface area contributed by atoms with Crippen molar-refractivity contribution in [2.45, 2.75) is 32.7 Å². The minimum Gasteiger partial charge on any atom is -0.391 e. The summed E-state index contributed by atoms with van der Waals surface area (Å²) in [5, 5.41) is 2.76. The summed E-state index contributed by atoms with van der Waals surface area (Å²) in [5.74, 6) is -0.816. The van der Waals surface area contributed by atoms with Crippen molar-refractivity contribution in [2.24, 2.45) is 5.73 Å². The Bertz CT molecular complexity index is 490. The lowest BCUT2D eigenvalue weighted by atomic mass is 9.97. The van der Waals surface area contributed by atoms with Crippen LogP contribution in [0.15, 0.2) is 18.2 Å². The predicted molar refractivity (Wildman–Crippen MR) is 74.1 cm³/mol. The minimum absolute atomic E-state index is 0.215. The summed E-state index contributed by atoms with van der Waals surface area (Å²) >= 11 is 4.95. The van der Waals surface area contributed by atoms with E-state index in [1.165, 1.54) is 12.1 Å². The van der Waals surface area contributed by atoms with Gasteiger partial charge in [-0.3, -0.25) is 4.79 Å². The molecule has 1 amide bonds. The van der Waals surface area contributed by atoms with Crippen molar-refractivity contribution in [3.05, 3.63) is 35.1 Å². The number of carbonyl (C=O) groups excluding carboxylic acids is 1. The molecule has 0 aromatic heterocycles. The van der Waals surface area contributed by atoms with Gasteiger partial charge in [-0.15, -0.1) is 0 Å². The second-order valence-corrected chi connectivity index (χ2v) is 4.90. The van der Waals surface area contributed by atoms with E-state index in [0.717, 1.165) is 0 Å². The zero-order valence-corrected chi connectivity index (χ0v) is 11.5. The first-order valence-electron chi connectivity index (χ1n) is 5.68. The van der Waals surface area contributed by atoms with Crippen LogP contribution in [0.25, 0.3) is 0 Å².